The molecule has 1 aromatic rings. The first-order valence-corrected chi connectivity index (χ1v) is 8.20. The van der Waals surface area contributed by atoms with Crippen molar-refractivity contribution in [1.29, 1.82) is 0 Å². The molecule has 7 nitrogen and oxygen atoms in total. The Labute approximate surface area is 144 Å². The van der Waals surface area contributed by atoms with Crippen LogP contribution in [0, 0.1) is 13.8 Å². The molecule has 5 N–H and O–H groups in total. The normalized spacial score (nSPS) is 14.5. The summed E-state index contributed by atoms with van der Waals surface area (Å²) in [6.07, 6.45) is -0.608. The largest absolute Gasteiger partial charge is 0.481 e. The number of esters is 1. The Kier molecular flexibility index (Phi) is 6.94. The maximum Gasteiger partial charge on any atom is 0.334 e. The molecule has 0 heterocycles. The summed E-state index contributed by atoms with van der Waals surface area (Å²) >= 11 is 1.24. The van der Waals surface area contributed by atoms with Crippen LogP contribution in [0.3, 0.4) is 0 Å². The summed E-state index contributed by atoms with van der Waals surface area (Å²) in [6, 6.07) is 4.33. The van der Waals surface area contributed by atoms with E-state index in [0.717, 1.165) is 23.1 Å². The lowest BCUT2D eigenvalue weighted by Gasteiger charge is -2.27. The van der Waals surface area contributed by atoms with E-state index in [1.165, 1.54) is 11.8 Å². The second-order valence-corrected chi connectivity index (χ2v) is 6.53. The molecule has 2 atom stereocenters. The molecule has 0 fully saturated rings. The number of aliphatic carboxylic acids is 1. The minimum absolute atomic E-state index is 0.0997. The topological polar surface area (TPSA) is 133 Å². The third kappa shape index (κ3) is 4.56. The van der Waals surface area contributed by atoms with Crippen LogP contribution in [0.4, 0.5) is 0 Å². The number of thioether (sulfide) groups is 1. The van der Waals surface area contributed by atoms with Gasteiger partial charge in [-0.05, 0) is 25.0 Å². The van der Waals surface area contributed by atoms with Gasteiger partial charge >= 0.3 is 11.9 Å². The number of carbonyl (C=O) groups is 3. The van der Waals surface area contributed by atoms with Crippen LogP contribution >= 0.6 is 11.8 Å². The second kappa shape index (κ2) is 8.27. The molecular weight excluding hydrogens is 332 g/mol. The van der Waals surface area contributed by atoms with Gasteiger partial charge in [-0.15, -0.1) is 11.8 Å². The summed E-state index contributed by atoms with van der Waals surface area (Å²) in [7, 11) is 1.11. The molecule has 0 bridgehead atoms. The first-order chi connectivity index (χ1) is 11.1. The number of ether oxygens (including phenoxy) is 1. The van der Waals surface area contributed by atoms with E-state index in [9.17, 15) is 14.4 Å². The zero-order chi connectivity index (χ0) is 18.5. The van der Waals surface area contributed by atoms with E-state index in [-0.39, 0.29) is 5.75 Å². The van der Waals surface area contributed by atoms with Gasteiger partial charge in [-0.1, -0.05) is 18.2 Å². The fourth-order valence-electron chi connectivity index (χ4n) is 2.24. The summed E-state index contributed by atoms with van der Waals surface area (Å²) in [4.78, 5) is 36.2. The number of carbonyl (C=O) groups excluding carboxylic acids is 2. The highest BCUT2D eigenvalue weighted by molar-refractivity contribution is 7.99. The lowest BCUT2D eigenvalue weighted by Crippen LogP contribution is -2.62. The van der Waals surface area contributed by atoms with Crippen molar-refractivity contribution < 1.29 is 24.2 Å². The Morgan fingerprint density at radius 3 is 2.29 bits per heavy atom. The van der Waals surface area contributed by atoms with Crippen LogP contribution in [0.15, 0.2) is 23.1 Å². The Balaban J connectivity index is 3.06. The number of carboxylic acid groups (broad SMARTS) is 1. The van der Waals surface area contributed by atoms with Crippen molar-refractivity contribution in [2.45, 2.75) is 36.7 Å². The summed E-state index contributed by atoms with van der Waals surface area (Å²) in [5.41, 5.74) is 11.6. The van der Waals surface area contributed by atoms with Gasteiger partial charge in [0.25, 0.3) is 0 Å². The lowest BCUT2D eigenvalue weighted by molar-refractivity contribution is -0.151. The predicted molar refractivity (Wildman–Crippen MR) is 90.8 cm³/mol. The molecule has 0 aliphatic heterocycles. The van der Waals surface area contributed by atoms with Gasteiger partial charge in [0.2, 0.25) is 0 Å². The average Bonchev–Trinajstić information content (AvgIpc) is 2.51. The predicted octanol–water partition coefficient (Wildman–Crippen LogP) is 0.637. The molecule has 0 aliphatic carbocycles. The van der Waals surface area contributed by atoms with Crippen LogP contribution in [-0.2, 0) is 19.1 Å². The van der Waals surface area contributed by atoms with Gasteiger partial charge in [-0.2, -0.15) is 0 Å². The maximum absolute atomic E-state index is 12.5. The number of ketones is 1. The number of rotatable bonds is 8. The zero-order valence-electron chi connectivity index (χ0n) is 13.9. The number of hydrogen-bond acceptors (Lipinski definition) is 7. The molecule has 0 amide bonds. The molecule has 24 heavy (non-hydrogen) atoms. The molecular formula is C16H22N2O5S. The van der Waals surface area contributed by atoms with E-state index in [2.05, 4.69) is 4.74 Å². The fraction of sp³-hybridized carbons (Fsp3) is 0.438. The minimum Gasteiger partial charge on any atom is -0.481 e. The molecule has 1 aromatic carbocycles. The lowest BCUT2D eigenvalue weighted by atomic mass is 9.91. The number of methoxy groups -OCH3 is 1. The number of nitrogens with two attached hydrogens (primary N) is 2. The first-order valence-electron chi connectivity index (χ1n) is 7.21. The van der Waals surface area contributed by atoms with Crippen LogP contribution < -0.4 is 11.5 Å². The summed E-state index contributed by atoms with van der Waals surface area (Å²) in [5, 5.41) is 8.78. The van der Waals surface area contributed by atoms with Crippen molar-refractivity contribution in [3.63, 3.8) is 0 Å². The summed E-state index contributed by atoms with van der Waals surface area (Å²) in [6.45, 7) is 3.81. The van der Waals surface area contributed by atoms with Crippen molar-refractivity contribution in [3.05, 3.63) is 29.3 Å². The van der Waals surface area contributed by atoms with E-state index >= 15 is 0 Å². The SMILES string of the molecule is COC(=O)[C@@](N)(CSc1c(C)cccc1C)C(=O)[C@@H](N)CC(=O)O. The molecule has 0 radical (unpaired) electrons. The third-order valence-corrected chi connectivity index (χ3v) is 5.11. The number of aryl methyl sites for hydroxylation is 2. The van der Waals surface area contributed by atoms with Crippen LogP contribution in [-0.4, -0.2) is 47.3 Å². The van der Waals surface area contributed by atoms with E-state index in [1.807, 2.05) is 32.0 Å². The van der Waals surface area contributed by atoms with Gasteiger partial charge < -0.3 is 21.3 Å². The Hall–Kier alpha value is -1.90. The van der Waals surface area contributed by atoms with Gasteiger partial charge in [0.05, 0.1) is 19.6 Å². The summed E-state index contributed by atoms with van der Waals surface area (Å²) < 4.78 is 4.64. The molecule has 0 aromatic heterocycles. The van der Waals surface area contributed by atoms with Crippen LogP contribution in [0.1, 0.15) is 17.5 Å². The average molecular weight is 354 g/mol. The zero-order valence-corrected chi connectivity index (χ0v) is 14.7. The fourth-order valence-corrected chi connectivity index (χ4v) is 3.46. The van der Waals surface area contributed by atoms with Gasteiger partial charge in [-0.25, -0.2) is 4.79 Å². The monoisotopic (exact) mass is 354 g/mol. The van der Waals surface area contributed by atoms with E-state index in [4.69, 9.17) is 16.6 Å². The maximum atomic E-state index is 12.5. The molecule has 132 valence electrons. The highest BCUT2D eigenvalue weighted by Crippen LogP contribution is 2.29. The van der Waals surface area contributed by atoms with Crippen LogP contribution in [0.2, 0.25) is 0 Å². The Morgan fingerprint density at radius 1 is 1.29 bits per heavy atom. The van der Waals surface area contributed by atoms with Gasteiger partial charge in [0.15, 0.2) is 11.3 Å². The van der Waals surface area contributed by atoms with Crippen molar-refractivity contribution in [2.75, 3.05) is 12.9 Å². The molecule has 8 heteroatoms. The smallest absolute Gasteiger partial charge is 0.334 e. The van der Waals surface area contributed by atoms with Gasteiger partial charge in [0, 0.05) is 10.6 Å². The van der Waals surface area contributed by atoms with E-state index in [1.54, 1.807) is 0 Å². The second-order valence-electron chi connectivity index (χ2n) is 5.54. The third-order valence-electron chi connectivity index (χ3n) is 3.57. The Bertz CT molecular complexity index is 629. The molecule has 0 saturated heterocycles. The van der Waals surface area contributed by atoms with Crippen molar-refractivity contribution in [1.82, 2.24) is 0 Å². The highest BCUT2D eigenvalue weighted by atomic mass is 32.2. The minimum atomic E-state index is -2.01. The number of hydrogen-bond donors (Lipinski definition) is 3. The van der Waals surface area contributed by atoms with E-state index in [0.29, 0.717) is 0 Å². The molecule has 1 rings (SSSR count). The van der Waals surface area contributed by atoms with Gasteiger partial charge in [-0.3, -0.25) is 9.59 Å². The van der Waals surface area contributed by atoms with Crippen molar-refractivity contribution in [2.24, 2.45) is 11.5 Å². The first kappa shape index (κ1) is 20.1. The van der Waals surface area contributed by atoms with Crippen molar-refractivity contribution >= 4 is 29.5 Å². The van der Waals surface area contributed by atoms with E-state index < -0.39 is 35.7 Å². The van der Waals surface area contributed by atoms with Gasteiger partial charge in [0.1, 0.15) is 0 Å². The highest BCUT2D eigenvalue weighted by Gasteiger charge is 2.46. The molecule has 0 saturated carbocycles. The van der Waals surface area contributed by atoms with Crippen LogP contribution in [0.5, 0.6) is 0 Å². The molecule has 0 aliphatic rings. The molecule has 0 unspecified atom stereocenters. The van der Waals surface area contributed by atoms with Crippen LogP contribution in [0.25, 0.3) is 0 Å². The Morgan fingerprint density at radius 2 is 1.83 bits per heavy atom. The summed E-state index contributed by atoms with van der Waals surface area (Å²) in [5.74, 6) is -3.13. The van der Waals surface area contributed by atoms with Crippen molar-refractivity contribution in [3.8, 4) is 0 Å². The standard InChI is InChI=1S/C16H22N2O5S/c1-9-5-4-6-10(2)13(9)24-8-16(18,15(22)23-3)14(21)11(17)7-12(19)20/h4-6,11H,7-8,17-18H2,1-3H3,(H,19,20)/t11-,16+/m0/s1. The number of carboxylic acids is 1. The quantitative estimate of drug-likeness (QED) is 0.352. The number of Topliss-reactive ketones (excluding diaryl/α,β-unsaturated/α-hetero) is 1. The molecule has 0 spiro atoms. The number of benzene rings is 1.